The van der Waals surface area contributed by atoms with Crippen molar-refractivity contribution in [2.24, 2.45) is 0 Å². The number of nitrogens with two attached hydrogens (primary N) is 1. The first-order valence-electron chi connectivity index (χ1n) is 6.01. The number of halogens is 1. The van der Waals surface area contributed by atoms with Crippen LogP contribution in [0.15, 0.2) is 28.2 Å². The van der Waals surface area contributed by atoms with E-state index >= 15 is 0 Å². The number of nitrogen functional groups attached to an aromatic ring is 1. The molecule has 2 aromatic rings. The number of benzene rings is 1. The van der Waals surface area contributed by atoms with Crippen molar-refractivity contribution in [3.05, 3.63) is 39.3 Å². The Morgan fingerprint density at radius 3 is 2.95 bits per heavy atom. The van der Waals surface area contributed by atoms with Crippen LogP contribution in [0.25, 0.3) is 0 Å². The molecule has 0 spiro atoms. The molecule has 116 valence electrons. The molecule has 10 heteroatoms. The minimum absolute atomic E-state index is 0.0691. The highest BCUT2D eigenvalue weighted by Crippen LogP contribution is 2.26. The zero-order valence-electron chi connectivity index (χ0n) is 11.4. The third-order valence-electron chi connectivity index (χ3n) is 2.58. The maximum atomic E-state index is 11.8. The molecule has 0 saturated carbocycles. The minimum Gasteiger partial charge on any atom is -0.506 e. The number of anilines is 1. The summed E-state index contributed by atoms with van der Waals surface area (Å²) in [7, 11) is 0. The van der Waals surface area contributed by atoms with Crippen LogP contribution in [0.3, 0.4) is 0 Å². The van der Waals surface area contributed by atoms with Gasteiger partial charge in [-0.1, -0.05) is 23.4 Å². The van der Waals surface area contributed by atoms with E-state index in [-0.39, 0.29) is 28.0 Å². The lowest BCUT2D eigenvalue weighted by Gasteiger charge is -2.08. The highest BCUT2D eigenvalue weighted by molar-refractivity contribution is 7.99. The first kappa shape index (κ1) is 16.1. The zero-order chi connectivity index (χ0) is 16.3. The summed E-state index contributed by atoms with van der Waals surface area (Å²) in [6.45, 7) is 1.49. The standard InChI is InChI=1S/C12H12ClN5O3S/c1-6-11(21)18(14)12(17-16-6)22-5-10(20)15-8-4-7(13)2-3-9(8)19/h2-4,19H,5,14H2,1H3,(H,15,20). The molecule has 0 saturated heterocycles. The molecular weight excluding hydrogens is 330 g/mol. The molecule has 0 unspecified atom stereocenters. The van der Waals surface area contributed by atoms with Crippen LogP contribution in [0, 0.1) is 6.92 Å². The van der Waals surface area contributed by atoms with Crippen LogP contribution in [0.2, 0.25) is 5.02 Å². The minimum atomic E-state index is -0.481. The third kappa shape index (κ3) is 3.68. The van der Waals surface area contributed by atoms with Crippen LogP contribution in [0.1, 0.15) is 5.69 Å². The van der Waals surface area contributed by atoms with E-state index in [1.807, 2.05) is 0 Å². The van der Waals surface area contributed by atoms with E-state index in [2.05, 4.69) is 15.5 Å². The average Bonchev–Trinajstić information content (AvgIpc) is 2.48. The van der Waals surface area contributed by atoms with Crippen LogP contribution in [-0.2, 0) is 4.79 Å². The van der Waals surface area contributed by atoms with Gasteiger partial charge in [0, 0.05) is 5.02 Å². The number of aryl methyl sites for hydroxylation is 1. The van der Waals surface area contributed by atoms with Crippen molar-refractivity contribution in [3.63, 3.8) is 0 Å². The number of carbonyl (C=O) groups is 1. The Morgan fingerprint density at radius 2 is 2.23 bits per heavy atom. The van der Waals surface area contributed by atoms with Gasteiger partial charge in [-0.15, -0.1) is 10.2 Å². The van der Waals surface area contributed by atoms with Gasteiger partial charge in [-0.05, 0) is 25.1 Å². The smallest absolute Gasteiger partial charge is 0.294 e. The quantitative estimate of drug-likeness (QED) is 0.426. The van der Waals surface area contributed by atoms with E-state index in [1.54, 1.807) is 0 Å². The summed E-state index contributed by atoms with van der Waals surface area (Å²) >= 11 is 6.73. The second kappa shape index (κ2) is 6.67. The third-order valence-corrected chi connectivity index (χ3v) is 3.76. The maximum absolute atomic E-state index is 11.8. The zero-order valence-corrected chi connectivity index (χ0v) is 13.0. The molecule has 2 rings (SSSR count). The molecule has 4 N–H and O–H groups in total. The molecule has 1 amide bonds. The van der Waals surface area contributed by atoms with Crippen molar-refractivity contribution in [2.75, 3.05) is 16.9 Å². The van der Waals surface area contributed by atoms with Gasteiger partial charge in [0.05, 0.1) is 11.4 Å². The molecule has 0 aliphatic rings. The second-order valence-electron chi connectivity index (χ2n) is 4.24. The summed E-state index contributed by atoms with van der Waals surface area (Å²) < 4.78 is 0.830. The van der Waals surface area contributed by atoms with Crippen molar-refractivity contribution < 1.29 is 9.90 Å². The van der Waals surface area contributed by atoms with Crippen LogP contribution in [0.5, 0.6) is 5.75 Å². The van der Waals surface area contributed by atoms with Crippen LogP contribution in [-0.4, -0.2) is 31.6 Å². The predicted molar refractivity (Wildman–Crippen MR) is 83.6 cm³/mol. The number of aromatic hydroxyl groups is 1. The number of hydrogen-bond acceptors (Lipinski definition) is 7. The lowest BCUT2D eigenvalue weighted by atomic mass is 10.3. The van der Waals surface area contributed by atoms with Gasteiger partial charge in [0.2, 0.25) is 11.1 Å². The van der Waals surface area contributed by atoms with Gasteiger partial charge in [-0.2, -0.15) is 4.68 Å². The highest BCUT2D eigenvalue weighted by atomic mass is 35.5. The fraction of sp³-hybridized carbons (Fsp3) is 0.167. The molecule has 0 fully saturated rings. The number of phenolic OH excluding ortho intramolecular Hbond substituents is 1. The SMILES string of the molecule is Cc1nnc(SCC(=O)Nc2cc(Cl)ccc2O)n(N)c1=O. The molecule has 0 atom stereocenters. The van der Waals surface area contributed by atoms with E-state index in [0.717, 1.165) is 16.4 Å². The first-order valence-corrected chi connectivity index (χ1v) is 7.37. The molecule has 0 aliphatic carbocycles. The number of nitrogens with zero attached hydrogens (tertiary/aromatic N) is 3. The Labute approximate surface area is 134 Å². The van der Waals surface area contributed by atoms with Gasteiger partial charge in [0.15, 0.2) is 0 Å². The molecule has 0 bridgehead atoms. The maximum Gasteiger partial charge on any atom is 0.294 e. The normalized spacial score (nSPS) is 10.5. The Bertz CT molecular complexity index is 780. The Balaban J connectivity index is 2.03. The number of phenols is 1. The number of aromatic nitrogens is 3. The van der Waals surface area contributed by atoms with Crippen LogP contribution >= 0.6 is 23.4 Å². The first-order chi connectivity index (χ1) is 10.4. The molecule has 1 aromatic heterocycles. The molecular formula is C12H12ClN5O3S. The summed E-state index contributed by atoms with van der Waals surface area (Å²) in [6.07, 6.45) is 0. The van der Waals surface area contributed by atoms with Crippen molar-refractivity contribution >= 4 is 35.0 Å². The van der Waals surface area contributed by atoms with Gasteiger partial charge >= 0.3 is 0 Å². The molecule has 22 heavy (non-hydrogen) atoms. The van der Waals surface area contributed by atoms with Gasteiger partial charge < -0.3 is 16.3 Å². The summed E-state index contributed by atoms with van der Waals surface area (Å²) in [5.74, 6) is 4.97. The number of carbonyl (C=O) groups excluding carboxylic acids is 1. The summed E-state index contributed by atoms with van der Waals surface area (Å²) in [6, 6.07) is 4.29. The molecule has 1 heterocycles. The van der Waals surface area contributed by atoms with Gasteiger partial charge in [-0.3, -0.25) is 9.59 Å². The highest BCUT2D eigenvalue weighted by Gasteiger charge is 2.12. The number of hydrogen-bond donors (Lipinski definition) is 3. The van der Waals surface area contributed by atoms with Crippen molar-refractivity contribution in [3.8, 4) is 5.75 Å². The Hall–Kier alpha value is -2.26. The van der Waals surface area contributed by atoms with E-state index in [1.165, 1.54) is 25.1 Å². The molecule has 0 aliphatic heterocycles. The molecule has 0 radical (unpaired) electrons. The summed E-state index contributed by atoms with van der Waals surface area (Å²) in [4.78, 5) is 23.4. The second-order valence-corrected chi connectivity index (χ2v) is 5.62. The van der Waals surface area contributed by atoms with Crippen LogP contribution in [0.4, 0.5) is 5.69 Å². The number of amides is 1. The van der Waals surface area contributed by atoms with Crippen molar-refractivity contribution in [1.29, 1.82) is 0 Å². The van der Waals surface area contributed by atoms with E-state index in [9.17, 15) is 14.7 Å². The summed E-state index contributed by atoms with van der Waals surface area (Å²) in [5, 5.41) is 20.0. The van der Waals surface area contributed by atoms with E-state index in [0.29, 0.717) is 5.02 Å². The van der Waals surface area contributed by atoms with Gasteiger partial charge in [-0.25, -0.2) is 0 Å². The number of nitrogens with one attached hydrogen (secondary N) is 1. The van der Waals surface area contributed by atoms with Crippen molar-refractivity contribution in [1.82, 2.24) is 14.9 Å². The van der Waals surface area contributed by atoms with Crippen molar-refractivity contribution in [2.45, 2.75) is 12.1 Å². The fourth-order valence-corrected chi connectivity index (χ4v) is 2.32. The number of thioether (sulfide) groups is 1. The topological polar surface area (TPSA) is 123 Å². The molecule has 8 nitrogen and oxygen atoms in total. The van der Waals surface area contributed by atoms with Crippen LogP contribution < -0.4 is 16.7 Å². The largest absolute Gasteiger partial charge is 0.506 e. The van der Waals surface area contributed by atoms with E-state index < -0.39 is 11.5 Å². The fourth-order valence-electron chi connectivity index (χ4n) is 1.49. The van der Waals surface area contributed by atoms with Gasteiger partial charge in [0.25, 0.3) is 5.56 Å². The Kier molecular flexibility index (Phi) is 4.88. The Morgan fingerprint density at radius 1 is 1.50 bits per heavy atom. The lowest BCUT2D eigenvalue weighted by Crippen LogP contribution is -2.32. The average molecular weight is 342 g/mol. The summed E-state index contributed by atoms with van der Waals surface area (Å²) in [5.41, 5.74) is -0.122. The number of rotatable bonds is 4. The predicted octanol–water partition coefficient (Wildman–Crippen LogP) is 0.750. The molecule has 1 aromatic carbocycles. The van der Waals surface area contributed by atoms with E-state index in [4.69, 9.17) is 17.4 Å². The lowest BCUT2D eigenvalue weighted by molar-refractivity contribution is -0.113. The van der Waals surface area contributed by atoms with Gasteiger partial charge in [0.1, 0.15) is 11.4 Å². The monoisotopic (exact) mass is 341 g/mol.